The molecule has 0 bridgehead atoms. The number of imidazole rings is 1. The number of nitrogens with zero attached hydrogens (tertiary/aromatic N) is 1. The Hall–Kier alpha value is -0.830. The summed E-state index contributed by atoms with van der Waals surface area (Å²) in [7, 11) is 0. The molecule has 0 radical (unpaired) electrons. The molecule has 1 heterocycles. The Morgan fingerprint density at radius 1 is 1.54 bits per heavy atom. The smallest absolute Gasteiger partial charge is 0.103 e. The molecule has 0 aromatic carbocycles. The molecule has 74 valence electrons. The lowest BCUT2D eigenvalue weighted by Gasteiger charge is -2.23. The molecule has 0 amide bonds. The van der Waals surface area contributed by atoms with E-state index in [-0.39, 0.29) is 5.54 Å². The van der Waals surface area contributed by atoms with Crippen molar-refractivity contribution >= 4 is 0 Å². The minimum atomic E-state index is 0.207. The zero-order valence-corrected chi connectivity index (χ0v) is 8.94. The van der Waals surface area contributed by atoms with E-state index in [2.05, 4.69) is 36.1 Å². The van der Waals surface area contributed by atoms with Crippen LogP contribution < -0.4 is 5.32 Å². The highest BCUT2D eigenvalue weighted by Crippen LogP contribution is 2.08. The van der Waals surface area contributed by atoms with Crippen LogP contribution >= 0.6 is 0 Å². The minimum absolute atomic E-state index is 0.207. The number of hydrogen-bond acceptors (Lipinski definition) is 2. The van der Waals surface area contributed by atoms with Crippen LogP contribution in [-0.2, 0) is 6.54 Å². The van der Waals surface area contributed by atoms with E-state index < -0.39 is 0 Å². The second kappa shape index (κ2) is 3.92. The summed E-state index contributed by atoms with van der Waals surface area (Å²) < 4.78 is 0. The van der Waals surface area contributed by atoms with Crippen molar-refractivity contribution < 1.29 is 0 Å². The van der Waals surface area contributed by atoms with Gasteiger partial charge in [-0.05, 0) is 27.2 Å². The standard InChI is InChI=1S/C10H19N3/c1-5-10(3,4)12-7-9-6-11-8(2)13-9/h6,12H,5,7H2,1-4H3,(H,11,13). The monoisotopic (exact) mass is 181 g/mol. The first-order valence-corrected chi connectivity index (χ1v) is 4.79. The Kier molecular flexibility index (Phi) is 3.09. The van der Waals surface area contributed by atoms with E-state index >= 15 is 0 Å². The Morgan fingerprint density at radius 2 is 2.23 bits per heavy atom. The Bertz CT molecular complexity index is 263. The minimum Gasteiger partial charge on any atom is -0.345 e. The maximum Gasteiger partial charge on any atom is 0.103 e. The van der Waals surface area contributed by atoms with Gasteiger partial charge in [-0.3, -0.25) is 0 Å². The van der Waals surface area contributed by atoms with E-state index in [1.54, 1.807) is 0 Å². The van der Waals surface area contributed by atoms with Crippen LogP contribution in [0.25, 0.3) is 0 Å². The molecule has 0 saturated carbocycles. The third kappa shape index (κ3) is 3.19. The van der Waals surface area contributed by atoms with Crippen molar-refractivity contribution in [3.63, 3.8) is 0 Å². The van der Waals surface area contributed by atoms with Gasteiger partial charge in [-0.2, -0.15) is 0 Å². The van der Waals surface area contributed by atoms with Gasteiger partial charge in [-0.15, -0.1) is 0 Å². The quantitative estimate of drug-likeness (QED) is 0.746. The molecular weight excluding hydrogens is 162 g/mol. The Labute approximate surface area is 80.0 Å². The summed E-state index contributed by atoms with van der Waals surface area (Å²) >= 11 is 0. The first-order valence-electron chi connectivity index (χ1n) is 4.79. The fraction of sp³-hybridized carbons (Fsp3) is 0.700. The topological polar surface area (TPSA) is 40.7 Å². The van der Waals surface area contributed by atoms with Crippen LogP contribution in [0, 0.1) is 6.92 Å². The summed E-state index contributed by atoms with van der Waals surface area (Å²) in [5, 5.41) is 3.47. The van der Waals surface area contributed by atoms with E-state index in [1.807, 2.05) is 13.1 Å². The molecule has 0 fully saturated rings. The van der Waals surface area contributed by atoms with Gasteiger partial charge in [0.25, 0.3) is 0 Å². The van der Waals surface area contributed by atoms with Crippen LogP contribution in [0.15, 0.2) is 6.20 Å². The number of aromatic nitrogens is 2. The lowest BCUT2D eigenvalue weighted by Crippen LogP contribution is -2.37. The molecule has 0 saturated heterocycles. The van der Waals surface area contributed by atoms with Crippen LogP contribution in [-0.4, -0.2) is 15.5 Å². The lowest BCUT2D eigenvalue weighted by atomic mass is 10.0. The number of hydrogen-bond donors (Lipinski definition) is 2. The number of aromatic amines is 1. The van der Waals surface area contributed by atoms with Crippen molar-refractivity contribution in [2.45, 2.75) is 46.2 Å². The Balaban J connectivity index is 2.43. The largest absolute Gasteiger partial charge is 0.345 e. The van der Waals surface area contributed by atoms with Gasteiger partial charge < -0.3 is 10.3 Å². The number of H-pyrrole nitrogens is 1. The average Bonchev–Trinajstić information content (AvgIpc) is 2.48. The molecule has 0 spiro atoms. The van der Waals surface area contributed by atoms with Crippen molar-refractivity contribution in [2.24, 2.45) is 0 Å². The molecule has 2 N–H and O–H groups in total. The summed E-state index contributed by atoms with van der Waals surface area (Å²) in [6.45, 7) is 9.42. The molecule has 0 aliphatic rings. The first kappa shape index (κ1) is 10.3. The molecule has 0 unspecified atom stereocenters. The zero-order chi connectivity index (χ0) is 9.90. The average molecular weight is 181 g/mol. The van der Waals surface area contributed by atoms with E-state index in [9.17, 15) is 0 Å². The number of rotatable bonds is 4. The second-order valence-electron chi connectivity index (χ2n) is 4.08. The molecule has 0 atom stereocenters. The van der Waals surface area contributed by atoms with Crippen LogP contribution in [0.2, 0.25) is 0 Å². The molecule has 1 aromatic rings. The van der Waals surface area contributed by atoms with Crippen LogP contribution in [0.1, 0.15) is 38.7 Å². The summed E-state index contributed by atoms with van der Waals surface area (Å²) in [4.78, 5) is 7.35. The van der Waals surface area contributed by atoms with Gasteiger partial charge in [0, 0.05) is 24.0 Å². The SMILES string of the molecule is CCC(C)(C)NCc1cnc(C)[nH]1. The third-order valence-electron chi connectivity index (χ3n) is 2.40. The summed E-state index contributed by atoms with van der Waals surface area (Å²) in [6, 6.07) is 0. The van der Waals surface area contributed by atoms with Crippen molar-refractivity contribution in [2.75, 3.05) is 0 Å². The van der Waals surface area contributed by atoms with E-state index in [1.165, 1.54) is 0 Å². The van der Waals surface area contributed by atoms with E-state index in [0.717, 1.165) is 24.5 Å². The fourth-order valence-electron chi connectivity index (χ4n) is 1.02. The van der Waals surface area contributed by atoms with E-state index in [0.29, 0.717) is 0 Å². The van der Waals surface area contributed by atoms with Gasteiger partial charge in [0.1, 0.15) is 5.82 Å². The van der Waals surface area contributed by atoms with Gasteiger partial charge in [-0.1, -0.05) is 6.92 Å². The van der Waals surface area contributed by atoms with Gasteiger partial charge in [0.05, 0.1) is 0 Å². The summed E-state index contributed by atoms with van der Waals surface area (Å²) in [5.74, 6) is 0.978. The Morgan fingerprint density at radius 3 is 2.69 bits per heavy atom. The normalized spacial score (nSPS) is 12.0. The number of aryl methyl sites for hydroxylation is 1. The third-order valence-corrected chi connectivity index (χ3v) is 2.40. The highest BCUT2D eigenvalue weighted by molar-refractivity contribution is 5.00. The maximum absolute atomic E-state index is 4.15. The second-order valence-corrected chi connectivity index (χ2v) is 4.08. The molecule has 13 heavy (non-hydrogen) atoms. The predicted molar refractivity (Wildman–Crippen MR) is 54.5 cm³/mol. The highest BCUT2D eigenvalue weighted by atomic mass is 15.0. The van der Waals surface area contributed by atoms with Crippen molar-refractivity contribution in [3.8, 4) is 0 Å². The van der Waals surface area contributed by atoms with Crippen molar-refractivity contribution in [1.82, 2.24) is 15.3 Å². The maximum atomic E-state index is 4.15. The fourth-order valence-corrected chi connectivity index (χ4v) is 1.02. The van der Waals surface area contributed by atoms with Crippen molar-refractivity contribution in [3.05, 3.63) is 17.7 Å². The highest BCUT2D eigenvalue weighted by Gasteiger charge is 2.13. The molecule has 0 aliphatic carbocycles. The van der Waals surface area contributed by atoms with E-state index in [4.69, 9.17) is 0 Å². The summed E-state index contributed by atoms with van der Waals surface area (Å²) in [6.07, 6.45) is 3.01. The molecule has 3 nitrogen and oxygen atoms in total. The van der Waals surface area contributed by atoms with Gasteiger partial charge >= 0.3 is 0 Å². The predicted octanol–water partition coefficient (Wildman–Crippen LogP) is 2.00. The van der Waals surface area contributed by atoms with Crippen molar-refractivity contribution in [1.29, 1.82) is 0 Å². The van der Waals surface area contributed by atoms with Crippen LogP contribution in [0.3, 0.4) is 0 Å². The molecular formula is C10H19N3. The van der Waals surface area contributed by atoms with Gasteiger partial charge in [-0.25, -0.2) is 4.98 Å². The molecule has 3 heteroatoms. The van der Waals surface area contributed by atoms with Gasteiger partial charge in [0.2, 0.25) is 0 Å². The molecule has 1 aromatic heterocycles. The lowest BCUT2D eigenvalue weighted by molar-refractivity contribution is 0.372. The van der Waals surface area contributed by atoms with Crippen LogP contribution in [0.4, 0.5) is 0 Å². The summed E-state index contributed by atoms with van der Waals surface area (Å²) in [5.41, 5.74) is 1.36. The molecule has 1 rings (SSSR count). The van der Waals surface area contributed by atoms with Gasteiger partial charge in [0.15, 0.2) is 0 Å². The molecule has 0 aliphatic heterocycles. The van der Waals surface area contributed by atoms with Crippen LogP contribution in [0.5, 0.6) is 0 Å². The first-order chi connectivity index (χ1) is 6.03. The number of nitrogens with one attached hydrogen (secondary N) is 2. The zero-order valence-electron chi connectivity index (χ0n) is 8.94.